The molecule has 4 nitrogen and oxygen atoms in total. The molecule has 0 bridgehead atoms. The lowest BCUT2D eigenvalue weighted by molar-refractivity contribution is 0.251. The van der Waals surface area contributed by atoms with E-state index in [1.807, 2.05) is 54.6 Å². The lowest BCUT2D eigenvalue weighted by atomic mass is 10.2. The van der Waals surface area contributed by atoms with Crippen LogP contribution in [-0.2, 0) is 0 Å². The quantitative estimate of drug-likeness (QED) is 0.791. The first-order chi connectivity index (χ1) is 9.79. The average Bonchev–Trinajstić information content (AvgIpc) is 3.26. The second-order valence-electron chi connectivity index (χ2n) is 4.94. The number of hydrogen-bond acceptors (Lipinski definition) is 2. The second kappa shape index (κ2) is 5.65. The van der Waals surface area contributed by atoms with E-state index in [-0.39, 0.29) is 6.03 Å². The van der Waals surface area contributed by atoms with Gasteiger partial charge in [0, 0.05) is 23.1 Å². The van der Waals surface area contributed by atoms with Crippen molar-refractivity contribution in [3.05, 3.63) is 54.6 Å². The lowest BCUT2D eigenvalue weighted by Crippen LogP contribution is -2.30. The van der Waals surface area contributed by atoms with Gasteiger partial charge >= 0.3 is 6.03 Å². The van der Waals surface area contributed by atoms with Gasteiger partial charge in [-0.25, -0.2) is 4.79 Å². The van der Waals surface area contributed by atoms with Crippen molar-refractivity contribution in [2.45, 2.75) is 18.9 Å². The number of amides is 2. The Morgan fingerprint density at radius 3 is 2.10 bits per heavy atom. The van der Waals surface area contributed by atoms with Gasteiger partial charge in [0.25, 0.3) is 0 Å². The summed E-state index contributed by atoms with van der Waals surface area (Å²) in [6.45, 7) is 0. The topological polar surface area (TPSA) is 53.2 Å². The molecule has 2 aromatic carbocycles. The number of nitrogens with one attached hydrogen (secondary N) is 3. The van der Waals surface area contributed by atoms with Crippen LogP contribution in [-0.4, -0.2) is 12.1 Å². The summed E-state index contributed by atoms with van der Waals surface area (Å²) in [5.41, 5.74) is 2.82. The van der Waals surface area contributed by atoms with Gasteiger partial charge in [-0.05, 0) is 49.2 Å². The standard InChI is InChI=1S/C16H17N3O/c20-16(19-15-10-11-15)18-14-8-6-13(7-9-14)17-12-4-2-1-3-5-12/h1-9,15,17H,10-11H2,(H2,18,19,20). The van der Waals surface area contributed by atoms with Crippen molar-refractivity contribution in [3.8, 4) is 0 Å². The van der Waals surface area contributed by atoms with Crippen LogP contribution in [0.2, 0.25) is 0 Å². The Hall–Kier alpha value is -2.49. The molecule has 0 saturated heterocycles. The van der Waals surface area contributed by atoms with E-state index in [0.29, 0.717) is 6.04 Å². The maximum atomic E-state index is 11.6. The molecule has 3 N–H and O–H groups in total. The molecule has 2 aromatic rings. The predicted molar refractivity (Wildman–Crippen MR) is 81.3 cm³/mol. The molecule has 0 aliphatic heterocycles. The molecule has 1 aliphatic carbocycles. The maximum absolute atomic E-state index is 11.6. The molecular weight excluding hydrogens is 250 g/mol. The molecule has 3 rings (SSSR count). The van der Waals surface area contributed by atoms with Crippen LogP contribution in [0.3, 0.4) is 0 Å². The van der Waals surface area contributed by atoms with Crippen molar-refractivity contribution in [3.63, 3.8) is 0 Å². The zero-order chi connectivity index (χ0) is 13.8. The van der Waals surface area contributed by atoms with E-state index in [9.17, 15) is 4.79 Å². The summed E-state index contributed by atoms with van der Waals surface area (Å²) in [6, 6.07) is 17.9. The number of urea groups is 1. The number of hydrogen-bond donors (Lipinski definition) is 3. The molecule has 1 fully saturated rings. The molecule has 0 heterocycles. The zero-order valence-corrected chi connectivity index (χ0v) is 11.1. The van der Waals surface area contributed by atoms with Gasteiger partial charge in [0.15, 0.2) is 0 Å². The minimum Gasteiger partial charge on any atom is -0.356 e. The average molecular weight is 267 g/mol. The Morgan fingerprint density at radius 2 is 1.45 bits per heavy atom. The van der Waals surface area contributed by atoms with Crippen molar-refractivity contribution >= 4 is 23.1 Å². The maximum Gasteiger partial charge on any atom is 0.319 e. The van der Waals surface area contributed by atoms with Crippen LogP contribution in [0.5, 0.6) is 0 Å². The Kier molecular flexibility index (Phi) is 3.54. The highest BCUT2D eigenvalue weighted by Gasteiger charge is 2.23. The fraction of sp³-hybridized carbons (Fsp3) is 0.188. The first-order valence-corrected chi connectivity index (χ1v) is 6.79. The van der Waals surface area contributed by atoms with Crippen molar-refractivity contribution in [2.24, 2.45) is 0 Å². The highest BCUT2D eigenvalue weighted by molar-refractivity contribution is 5.89. The minimum absolute atomic E-state index is 0.128. The monoisotopic (exact) mass is 267 g/mol. The fourth-order valence-corrected chi connectivity index (χ4v) is 1.91. The Labute approximate surface area is 118 Å². The summed E-state index contributed by atoms with van der Waals surface area (Å²) in [5, 5.41) is 9.02. The largest absolute Gasteiger partial charge is 0.356 e. The molecule has 1 saturated carbocycles. The Bertz CT molecular complexity index is 576. The SMILES string of the molecule is O=C(Nc1ccc(Nc2ccccc2)cc1)NC1CC1. The van der Waals surface area contributed by atoms with E-state index in [2.05, 4.69) is 16.0 Å². The van der Waals surface area contributed by atoms with Crippen LogP contribution in [0.25, 0.3) is 0 Å². The number of benzene rings is 2. The molecule has 1 aliphatic rings. The van der Waals surface area contributed by atoms with Crippen molar-refractivity contribution in [2.75, 3.05) is 10.6 Å². The summed E-state index contributed by atoms with van der Waals surface area (Å²) >= 11 is 0. The van der Waals surface area contributed by atoms with Gasteiger partial charge in [0.1, 0.15) is 0 Å². The van der Waals surface area contributed by atoms with Gasteiger partial charge in [0.2, 0.25) is 0 Å². The van der Waals surface area contributed by atoms with Crippen LogP contribution in [0.1, 0.15) is 12.8 Å². The van der Waals surface area contributed by atoms with E-state index in [1.165, 1.54) is 0 Å². The van der Waals surface area contributed by atoms with Gasteiger partial charge in [-0.15, -0.1) is 0 Å². The fourth-order valence-electron chi connectivity index (χ4n) is 1.91. The Morgan fingerprint density at radius 1 is 0.850 bits per heavy atom. The molecule has 0 radical (unpaired) electrons. The highest BCUT2D eigenvalue weighted by Crippen LogP contribution is 2.20. The molecule has 0 aromatic heterocycles. The molecule has 0 atom stereocenters. The second-order valence-corrected chi connectivity index (χ2v) is 4.94. The van der Waals surface area contributed by atoms with E-state index in [1.54, 1.807) is 0 Å². The van der Waals surface area contributed by atoms with E-state index in [4.69, 9.17) is 0 Å². The molecule has 2 amide bonds. The first kappa shape index (κ1) is 12.5. The van der Waals surface area contributed by atoms with Crippen LogP contribution >= 0.6 is 0 Å². The number of anilines is 3. The summed E-state index contributed by atoms with van der Waals surface area (Å²) in [6.07, 6.45) is 2.18. The third-order valence-corrected chi connectivity index (χ3v) is 3.12. The third kappa shape index (κ3) is 3.51. The van der Waals surface area contributed by atoms with Crippen molar-refractivity contribution in [1.29, 1.82) is 0 Å². The first-order valence-electron chi connectivity index (χ1n) is 6.79. The number of carbonyl (C=O) groups is 1. The molecule has 102 valence electrons. The predicted octanol–water partition coefficient (Wildman–Crippen LogP) is 3.71. The van der Waals surface area contributed by atoms with E-state index < -0.39 is 0 Å². The molecule has 0 spiro atoms. The van der Waals surface area contributed by atoms with Gasteiger partial charge in [-0.1, -0.05) is 18.2 Å². The van der Waals surface area contributed by atoms with E-state index in [0.717, 1.165) is 29.9 Å². The summed E-state index contributed by atoms with van der Waals surface area (Å²) in [4.78, 5) is 11.6. The highest BCUT2D eigenvalue weighted by atomic mass is 16.2. The summed E-state index contributed by atoms with van der Waals surface area (Å²) < 4.78 is 0. The van der Waals surface area contributed by atoms with Gasteiger partial charge in [-0.3, -0.25) is 0 Å². The Balaban J connectivity index is 1.57. The smallest absolute Gasteiger partial charge is 0.319 e. The van der Waals surface area contributed by atoms with Crippen molar-refractivity contribution in [1.82, 2.24) is 5.32 Å². The molecular formula is C16H17N3O. The van der Waals surface area contributed by atoms with Crippen molar-refractivity contribution < 1.29 is 4.79 Å². The third-order valence-electron chi connectivity index (χ3n) is 3.12. The normalized spacial score (nSPS) is 13.6. The van der Waals surface area contributed by atoms with Crippen LogP contribution in [0, 0.1) is 0 Å². The van der Waals surface area contributed by atoms with Crippen LogP contribution in [0.15, 0.2) is 54.6 Å². The van der Waals surface area contributed by atoms with Gasteiger partial charge in [-0.2, -0.15) is 0 Å². The summed E-state index contributed by atoms with van der Waals surface area (Å²) in [7, 11) is 0. The summed E-state index contributed by atoms with van der Waals surface area (Å²) in [5.74, 6) is 0. The minimum atomic E-state index is -0.128. The number of para-hydroxylation sites is 1. The molecule has 0 unspecified atom stereocenters. The van der Waals surface area contributed by atoms with Crippen LogP contribution < -0.4 is 16.0 Å². The molecule has 20 heavy (non-hydrogen) atoms. The number of rotatable bonds is 4. The zero-order valence-electron chi connectivity index (χ0n) is 11.1. The number of carbonyl (C=O) groups excluding carboxylic acids is 1. The van der Waals surface area contributed by atoms with Gasteiger partial charge < -0.3 is 16.0 Å². The molecule has 4 heteroatoms. The van der Waals surface area contributed by atoms with E-state index >= 15 is 0 Å². The lowest BCUT2D eigenvalue weighted by Gasteiger charge is -2.09. The van der Waals surface area contributed by atoms with Crippen LogP contribution in [0.4, 0.5) is 21.9 Å². The van der Waals surface area contributed by atoms with Gasteiger partial charge in [0.05, 0.1) is 0 Å².